The Labute approximate surface area is 114 Å². The Morgan fingerprint density at radius 1 is 1.42 bits per heavy atom. The van der Waals surface area contributed by atoms with Crippen molar-refractivity contribution in [1.29, 1.82) is 5.26 Å². The summed E-state index contributed by atoms with van der Waals surface area (Å²) in [5.74, 6) is -0.995. The van der Waals surface area contributed by atoms with Crippen molar-refractivity contribution in [3.05, 3.63) is 35.9 Å². The molecule has 1 unspecified atom stereocenters. The number of nitriles is 1. The maximum atomic E-state index is 12.1. The monoisotopic (exact) mass is 260 g/mol. The quantitative estimate of drug-likeness (QED) is 0.816. The first-order valence-corrected chi connectivity index (χ1v) is 6.35. The summed E-state index contributed by atoms with van der Waals surface area (Å²) in [6, 6.07) is 11.5. The number of hydrogen-bond donors (Lipinski definition) is 2. The molecule has 2 N–H and O–H groups in total. The third kappa shape index (κ3) is 5.11. The number of rotatable bonds is 6. The van der Waals surface area contributed by atoms with Crippen LogP contribution < -0.4 is 5.32 Å². The second-order valence-electron chi connectivity index (χ2n) is 5.22. The molecule has 1 rings (SSSR count). The fraction of sp³-hybridized carbons (Fsp3) is 0.467. The highest BCUT2D eigenvalue weighted by Crippen LogP contribution is 2.12. The summed E-state index contributed by atoms with van der Waals surface area (Å²) >= 11 is 0. The number of amides is 1. The van der Waals surface area contributed by atoms with Crippen molar-refractivity contribution in [2.75, 3.05) is 6.61 Å². The number of benzene rings is 1. The summed E-state index contributed by atoms with van der Waals surface area (Å²) in [4.78, 5) is 12.1. The highest BCUT2D eigenvalue weighted by molar-refractivity contribution is 5.82. The van der Waals surface area contributed by atoms with Gasteiger partial charge in [-0.15, -0.1) is 0 Å². The van der Waals surface area contributed by atoms with Gasteiger partial charge in [-0.25, -0.2) is 0 Å². The van der Waals surface area contributed by atoms with Gasteiger partial charge in [0.05, 0.1) is 6.07 Å². The lowest BCUT2D eigenvalue weighted by molar-refractivity contribution is -0.125. The van der Waals surface area contributed by atoms with Crippen molar-refractivity contribution in [3.8, 4) is 6.07 Å². The summed E-state index contributed by atoms with van der Waals surface area (Å²) in [5.41, 5.74) is 0.460. The summed E-state index contributed by atoms with van der Waals surface area (Å²) in [7, 11) is 0. The van der Waals surface area contributed by atoms with Crippen LogP contribution in [0.15, 0.2) is 30.3 Å². The van der Waals surface area contributed by atoms with Gasteiger partial charge in [-0.3, -0.25) is 4.79 Å². The first-order chi connectivity index (χ1) is 8.98. The van der Waals surface area contributed by atoms with E-state index < -0.39 is 11.5 Å². The standard InChI is InChI=1S/C15H20N2O2/c1-15(2,8-9-18)17-14(19)13(11-16)10-12-6-4-3-5-7-12/h3-7,13,18H,8-10H2,1-2H3,(H,17,19). The van der Waals surface area contributed by atoms with Crippen LogP contribution in [0.1, 0.15) is 25.8 Å². The lowest BCUT2D eigenvalue weighted by atomic mass is 9.96. The fourth-order valence-corrected chi connectivity index (χ4v) is 1.81. The lowest BCUT2D eigenvalue weighted by Crippen LogP contribution is -2.46. The molecular formula is C15H20N2O2. The van der Waals surface area contributed by atoms with Crippen molar-refractivity contribution < 1.29 is 9.90 Å². The molecular weight excluding hydrogens is 240 g/mol. The van der Waals surface area contributed by atoms with Crippen molar-refractivity contribution in [1.82, 2.24) is 5.32 Å². The van der Waals surface area contributed by atoms with E-state index >= 15 is 0 Å². The Morgan fingerprint density at radius 2 is 2.05 bits per heavy atom. The normalized spacial score (nSPS) is 12.5. The summed E-state index contributed by atoms with van der Waals surface area (Å²) in [6.07, 6.45) is 0.862. The lowest BCUT2D eigenvalue weighted by Gasteiger charge is -2.26. The largest absolute Gasteiger partial charge is 0.396 e. The zero-order chi connectivity index (χ0) is 14.3. The Balaban J connectivity index is 2.66. The van der Waals surface area contributed by atoms with Crippen LogP contribution in [0.4, 0.5) is 0 Å². The minimum Gasteiger partial charge on any atom is -0.396 e. The highest BCUT2D eigenvalue weighted by Gasteiger charge is 2.25. The average Bonchev–Trinajstić information content (AvgIpc) is 2.36. The molecule has 4 heteroatoms. The van der Waals surface area contributed by atoms with E-state index in [9.17, 15) is 4.79 Å². The molecule has 0 aliphatic heterocycles. The van der Waals surface area contributed by atoms with Gasteiger partial charge in [0.25, 0.3) is 0 Å². The van der Waals surface area contributed by atoms with Gasteiger partial charge in [-0.2, -0.15) is 5.26 Å². The first-order valence-electron chi connectivity index (χ1n) is 6.35. The van der Waals surface area contributed by atoms with Crippen LogP contribution in [0.2, 0.25) is 0 Å². The van der Waals surface area contributed by atoms with Gasteiger partial charge in [-0.05, 0) is 32.3 Å². The molecule has 4 nitrogen and oxygen atoms in total. The van der Waals surface area contributed by atoms with E-state index in [1.165, 1.54) is 0 Å². The maximum Gasteiger partial charge on any atom is 0.238 e. The van der Waals surface area contributed by atoms with Crippen molar-refractivity contribution in [3.63, 3.8) is 0 Å². The molecule has 19 heavy (non-hydrogen) atoms. The van der Waals surface area contributed by atoms with Crippen LogP contribution in [0.3, 0.4) is 0 Å². The Bertz CT molecular complexity index is 449. The van der Waals surface area contributed by atoms with E-state index in [4.69, 9.17) is 10.4 Å². The van der Waals surface area contributed by atoms with Crippen molar-refractivity contribution in [2.24, 2.45) is 5.92 Å². The molecule has 0 spiro atoms. The zero-order valence-corrected chi connectivity index (χ0v) is 11.4. The Kier molecular flexibility index (Phi) is 5.53. The van der Waals surface area contributed by atoms with Crippen molar-refractivity contribution >= 4 is 5.91 Å². The molecule has 0 aromatic heterocycles. The molecule has 1 atom stereocenters. The Hall–Kier alpha value is -1.86. The van der Waals surface area contributed by atoms with Gasteiger partial charge in [-0.1, -0.05) is 30.3 Å². The SMILES string of the molecule is CC(C)(CCO)NC(=O)C(C#N)Cc1ccccc1. The first kappa shape index (κ1) is 15.2. The minimum atomic E-state index is -0.708. The maximum absolute atomic E-state index is 12.1. The molecule has 0 aliphatic carbocycles. The molecule has 0 saturated heterocycles. The summed E-state index contributed by atoms with van der Waals surface area (Å²) in [6.45, 7) is 3.67. The molecule has 0 saturated carbocycles. The summed E-state index contributed by atoms with van der Waals surface area (Å²) in [5, 5.41) is 20.9. The number of carbonyl (C=O) groups is 1. The minimum absolute atomic E-state index is 0.00316. The van der Waals surface area contributed by atoms with E-state index in [1.807, 2.05) is 50.2 Å². The topological polar surface area (TPSA) is 73.1 Å². The van der Waals surface area contributed by atoms with Gasteiger partial charge in [0.1, 0.15) is 5.92 Å². The molecule has 1 aromatic rings. The summed E-state index contributed by atoms with van der Waals surface area (Å²) < 4.78 is 0. The zero-order valence-electron chi connectivity index (χ0n) is 11.4. The molecule has 0 radical (unpaired) electrons. The molecule has 0 aliphatic rings. The number of carbonyl (C=O) groups excluding carboxylic acids is 1. The predicted molar refractivity (Wildman–Crippen MR) is 73.2 cm³/mol. The smallest absolute Gasteiger partial charge is 0.238 e. The van der Waals surface area contributed by atoms with Crippen LogP contribution in [-0.2, 0) is 11.2 Å². The van der Waals surface area contributed by atoms with Crippen LogP contribution in [0.5, 0.6) is 0 Å². The number of hydrogen-bond acceptors (Lipinski definition) is 3. The molecule has 0 fully saturated rings. The second kappa shape index (κ2) is 6.91. The van der Waals surface area contributed by atoms with E-state index in [2.05, 4.69) is 5.32 Å². The van der Waals surface area contributed by atoms with Gasteiger partial charge in [0, 0.05) is 12.1 Å². The molecule has 0 bridgehead atoms. The van der Waals surface area contributed by atoms with Crippen LogP contribution in [-0.4, -0.2) is 23.2 Å². The van der Waals surface area contributed by atoms with E-state index in [1.54, 1.807) is 0 Å². The number of aliphatic hydroxyl groups is 1. The van der Waals surface area contributed by atoms with Gasteiger partial charge < -0.3 is 10.4 Å². The van der Waals surface area contributed by atoms with Crippen LogP contribution >= 0.6 is 0 Å². The van der Waals surface area contributed by atoms with Crippen LogP contribution in [0, 0.1) is 17.2 Å². The van der Waals surface area contributed by atoms with E-state index in [0.29, 0.717) is 12.8 Å². The third-order valence-corrected chi connectivity index (χ3v) is 2.95. The van der Waals surface area contributed by atoms with Gasteiger partial charge >= 0.3 is 0 Å². The van der Waals surface area contributed by atoms with Gasteiger partial charge in [0.15, 0.2) is 0 Å². The highest BCUT2D eigenvalue weighted by atomic mass is 16.3. The predicted octanol–water partition coefficient (Wildman–Crippen LogP) is 1.65. The van der Waals surface area contributed by atoms with E-state index in [0.717, 1.165) is 5.56 Å². The molecule has 0 heterocycles. The third-order valence-electron chi connectivity index (χ3n) is 2.95. The van der Waals surface area contributed by atoms with Crippen molar-refractivity contribution in [2.45, 2.75) is 32.2 Å². The molecule has 102 valence electrons. The fourth-order valence-electron chi connectivity index (χ4n) is 1.81. The molecule has 1 aromatic carbocycles. The average molecular weight is 260 g/mol. The second-order valence-corrected chi connectivity index (χ2v) is 5.22. The van der Waals surface area contributed by atoms with Gasteiger partial charge in [0.2, 0.25) is 5.91 Å². The Morgan fingerprint density at radius 3 is 2.58 bits per heavy atom. The van der Waals surface area contributed by atoms with E-state index in [-0.39, 0.29) is 12.5 Å². The number of nitrogens with one attached hydrogen (secondary N) is 1. The molecule has 1 amide bonds. The van der Waals surface area contributed by atoms with Crippen LogP contribution in [0.25, 0.3) is 0 Å². The number of nitrogens with zero attached hydrogens (tertiary/aromatic N) is 1. The number of aliphatic hydroxyl groups excluding tert-OH is 1.